The summed E-state index contributed by atoms with van der Waals surface area (Å²) in [6.07, 6.45) is 0.0461. The molecule has 2 aromatic rings. The zero-order valence-corrected chi connectivity index (χ0v) is 15.1. The molecule has 1 amide bonds. The summed E-state index contributed by atoms with van der Waals surface area (Å²) in [7, 11) is 1.31. The van der Waals surface area contributed by atoms with Gasteiger partial charge in [-0.25, -0.2) is 0 Å². The molecule has 1 N–H and O–H groups in total. The highest BCUT2D eigenvalue weighted by Gasteiger charge is 2.20. The van der Waals surface area contributed by atoms with Crippen LogP contribution >= 0.6 is 34.5 Å². The lowest BCUT2D eigenvalue weighted by atomic mass is 10.1. The predicted molar refractivity (Wildman–Crippen MR) is 93.8 cm³/mol. The van der Waals surface area contributed by atoms with Gasteiger partial charge in [-0.15, -0.1) is 11.3 Å². The van der Waals surface area contributed by atoms with Gasteiger partial charge in [-0.2, -0.15) is 0 Å². The summed E-state index contributed by atoms with van der Waals surface area (Å²) in [5, 5.41) is 5.43. The average Bonchev–Trinajstić information content (AvgIpc) is 3.07. The van der Waals surface area contributed by atoms with Crippen LogP contribution < -0.4 is 10.1 Å². The topological polar surface area (TPSA) is 64.6 Å². The first-order valence-corrected chi connectivity index (χ1v) is 8.60. The fourth-order valence-electron chi connectivity index (χ4n) is 1.93. The molecule has 0 saturated heterocycles. The number of rotatable bonds is 7. The van der Waals surface area contributed by atoms with Crippen LogP contribution in [0, 0.1) is 0 Å². The van der Waals surface area contributed by atoms with Crippen LogP contribution in [0.4, 0.5) is 0 Å². The molecule has 128 valence electrons. The highest BCUT2D eigenvalue weighted by Crippen LogP contribution is 2.27. The summed E-state index contributed by atoms with van der Waals surface area (Å²) in [5.74, 6) is -0.421. The van der Waals surface area contributed by atoms with Crippen molar-refractivity contribution in [2.75, 3.05) is 13.7 Å². The van der Waals surface area contributed by atoms with Crippen molar-refractivity contribution in [3.05, 3.63) is 50.6 Å². The number of hydrogen-bond donors (Lipinski definition) is 1. The lowest BCUT2D eigenvalue weighted by molar-refractivity contribution is -0.141. The molecule has 24 heavy (non-hydrogen) atoms. The van der Waals surface area contributed by atoms with E-state index in [1.54, 1.807) is 12.1 Å². The molecule has 1 aromatic heterocycles. The molecule has 1 atom stereocenters. The first-order chi connectivity index (χ1) is 11.5. The van der Waals surface area contributed by atoms with Crippen LogP contribution in [0.5, 0.6) is 5.75 Å². The lowest BCUT2D eigenvalue weighted by Gasteiger charge is -2.17. The largest absolute Gasteiger partial charge is 0.482 e. The van der Waals surface area contributed by atoms with Gasteiger partial charge in [-0.1, -0.05) is 29.3 Å². The number of esters is 1. The molecule has 2 rings (SSSR count). The minimum Gasteiger partial charge on any atom is -0.482 e. The van der Waals surface area contributed by atoms with Gasteiger partial charge in [0, 0.05) is 9.90 Å². The zero-order chi connectivity index (χ0) is 17.5. The van der Waals surface area contributed by atoms with E-state index < -0.39 is 12.0 Å². The quantitative estimate of drug-likeness (QED) is 0.732. The molecule has 0 radical (unpaired) electrons. The van der Waals surface area contributed by atoms with Gasteiger partial charge in [0.05, 0.1) is 24.6 Å². The summed E-state index contributed by atoms with van der Waals surface area (Å²) in [6, 6.07) is 7.96. The minimum atomic E-state index is -0.464. The Balaban J connectivity index is 1.96. The molecule has 8 heteroatoms. The molecule has 1 aromatic carbocycles. The Morgan fingerprint density at radius 2 is 2.08 bits per heavy atom. The minimum absolute atomic E-state index is 0.0461. The number of nitrogens with one attached hydrogen (secondary N) is 1. The van der Waals surface area contributed by atoms with Crippen LogP contribution in [-0.4, -0.2) is 25.6 Å². The van der Waals surface area contributed by atoms with E-state index in [0.717, 1.165) is 4.88 Å². The van der Waals surface area contributed by atoms with Gasteiger partial charge in [0.2, 0.25) is 0 Å². The van der Waals surface area contributed by atoms with Crippen LogP contribution in [0.1, 0.15) is 17.3 Å². The fourth-order valence-corrected chi connectivity index (χ4v) is 3.17. The number of carbonyl (C=O) groups is 2. The number of thiophene rings is 1. The highest BCUT2D eigenvalue weighted by molar-refractivity contribution is 7.10. The number of carbonyl (C=O) groups excluding carboxylic acids is 2. The Labute approximate surface area is 153 Å². The maximum Gasteiger partial charge on any atom is 0.307 e. The Bertz CT molecular complexity index is 706. The number of ether oxygens (including phenoxy) is 2. The maximum atomic E-state index is 12.1. The van der Waals surface area contributed by atoms with Gasteiger partial charge in [-0.05, 0) is 29.6 Å². The van der Waals surface area contributed by atoms with Crippen molar-refractivity contribution in [3.8, 4) is 5.75 Å². The van der Waals surface area contributed by atoms with E-state index in [-0.39, 0.29) is 18.9 Å². The first kappa shape index (κ1) is 18.6. The monoisotopic (exact) mass is 387 g/mol. The van der Waals surface area contributed by atoms with Crippen LogP contribution in [0.3, 0.4) is 0 Å². The molecule has 0 saturated carbocycles. The highest BCUT2D eigenvalue weighted by atomic mass is 35.5. The van der Waals surface area contributed by atoms with E-state index in [9.17, 15) is 9.59 Å². The standard InChI is InChI=1S/C16H15Cl2NO4S/c1-22-16(21)8-12(14-3-2-6-24-14)19-15(20)9-23-13-5-4-10(17)7-11(13)18/h2-7,12H,8-9H2,1H3,(H,19,20)/t12-/m1/s1. The van der Waals surface area contributed by atoms with Gasteiger partial charge >= 0.3 is 5.97 Å². The number of hydrogen-bond acceptors (Lipinski definition) is 5. The van der Waals surface area contributed by atoms with Crippen LogP contribution in [0.2, 0.25) is 10.0 Å². The molecule has 0 spiro atoms. The van der Waals surface area contributed by atoms with Gasteiger partial charge < -0.3 is 14.8 Å². The third-order valence-electron chi connectivity index (χ3n) is 3.07. The molecule has 1 heterocycles. The Hall–Kier alpha value is -1.76. The maximum absolute atomic E-state index is 12.1. The second-order valence-electron chi connectivity index (χ2n) is 4.78. The Morgan fingerprint density at radius 3 is 2.71 bits per heavy atom. The number of halogens is 2. The average molecular weight is 388 g/mol. The summed E-state index contributed by atoms with van der Waals surface area (Å²) in [4.78, 5) is 24.5. The third kappa shape index (κ3) is 5.40. The van der Waals surface area contributed by atoms with E-state index >= 15 is 0 Å². The normalized spacial score (nSPS) is 11.6. The van der Waals surface area contributed by atoms with Gasteiger partial charge in [0.1, 0.15) is 5.75 Å². The summed E-state index contributed by atoms with van der Waals surface area (Å²) < 4.78 is 10.1. The van der Waals surface area contributed by atoms with Crippen molar-refractivity contribution in [1.29, 1.82) is 0 Å². The molecule has 0 bridgehead atoms. The molecular weight excluding hydrogens is 373 g/mol. The Kier molecular flexibility index (Phi) is 6.90. The van der Waals surface area contributed by atoms with E-state index in [2.05, 4.69) is 10.1 Å². The van der Waals surface area contributed by atoms with Crippen LogP contribution in [0.25, 0.3) is 0 Å². The van der Waals surface area contributed by atoms with Crippen molar-refractivity contribution < 1.29 is 19.1 Å². The van der Waals surface area contributed by atoms with E-state index in [4.69, 9.17) is 27.9 Å². The molecule has 5 nitrogen and oxygen atoms in total. The molecular formula is C16H15Cl2NO4S. The molecule has 0 unspecified atom stereocenters. The lowest BCUT2D eigenvalue weighted by Crippen LogP contribution is -2.33. The number of benzene rings is 1. The van der Waals surface area contributed by atoms with Crippen molar-refractivity contribution in [2.45, 2.75) is 12.5 Å². The van der Waals surface area contributed by atoms with E-state index in [1.807, 2.05) is 17.5 Å². The van der Waals surface area contributed by atoms with E-state index in [0.29, 0.717) is 15.8 Å². The second-order valence-corrected chi connectivity index (χ2v) is 6.60. The van der Waals surface area contributed by atoms with Crippen molar-refractivity contribution in [1.82, 2.24) is 5.32 Å². The number of amides is 1. The van der Waals surface area contributed by atoms with Crippen molar-refractivity contribution >= 4 is 46.4 Å². The second kappa shape index (κ2) is 8.92. The SMILES string of the molecule is COC(=O)C[C@@H](NC(=O)COc1ccc(Cl)cc1Cl)c1cccs1. The van der Waals surface area contributed by atoms with Gasteiger partial charge in [0.15, 0.2) is 6.61 Å². The van der Waals surface area contributed by atoms with Crippen molar-refractivity contribution in [2.24, 2.45) is 0 Å². The van der Waals surface area contributed by atoms with Crippen LogP contribution in [-0.2, 0) is 14.3 Å². The summed E-state index contributed by atoms with van der Waals surface area (Å²) >= 11 is 13.2. The summed E-state index contributed by atoms with van der Waals surface area (Å²) in [6.45, 7) is -0.232. The van der Waals surface area contributed by atoms with Gasteiger partial charge in [-0.3, -0.25) is 9.59 Å². The van der Waals surface area contributed by atoms with E-state index in [1.165, 1.54) is 24.5 Å². The van der Waals surface area contributed by atoms with Gasteiger partial charge in [0.25, 0.3) is 5.91 Å². The molecule has 0 aliphatic rings. The zero-order valence-electron chi connectivity index (χ0n) is 12.8. The molecule has 0 fully saturated rings. The predicted octanol–water partition coefficient (Wildman–Crippen LogP) is 3.85. The summed E-state index contributed by atoms with van der Waals surface area (Å²) in [5.41, 5.74) is 0. The third-order valence-corrected chi connectivity index (χ3v) is 4.59. The molecule has 0 aliphatic heterocycles. The Morgan fingerprint density at radius 1 is 1.29 bits per heavy atom. The molecule has 0 aliphatic carbocycles. The first-order valence-electron chi connectivity index (χ1n) is 6.97. The number of methoxy groups -OCH3 is 1. The fraction of sp³-hybridized carbons (Fsp3) is 0.250. The van der Waals surface area contributed by atoms with Crippen LogP contribution in [0.15, 0.2) is 35.7 Å². The van der Waals surface area contributed by atoms with Crippen molar-refractivity contribution in [3.63, 3.8) is 0 Å². The smallest absolute Gasteiger partial charge is 0.307 e.